The summed E-state index contributed by atoms with van der Waals surface area (Å²) in [5.74, 6) is 1.78. The highest BCUT2D eigenvalue weighted by Gasteiger charge is 2.44. The Kier molecular flexibility index (Phi) is 4.45. The zero-order valence-corrected chi connectivity index (χ0v) is 17.6. The number of benzene rings is 1. The van der Waals surface area contributed by atoms with E-state index >= 15 is 0 Å². The molecule has 1 spiro atoms. The minimum absolute atomic E-state index is 0.00567. The van der Waals surface area contributed by atoms with Crippen LogP contribution in [0, 0.1) is 0 Å². The Morgan fingerprint density at radius 1 is 0.968 bits per heavy atom. The molecule has 2 aromatic heterocycles. The van der Waals surface area contributed by atoms with Crippen molar-refractivity contribution in [1.82, 2.24) is 15.0 Å². The quantitative estimate of drug-likeness (QED) is 0.691. The number of anilines is 2. The number of aromatic nitrogens is 3. The van der Waals surface area contributed by atoms with Gasteiger partial charge in [-0.25, -0.2) is 9.97 Å². The molecule has 1 aromatic carbocycles. The average molecular weight is 418 g/mol. The van der Waals surface area contributed by atoms with Crippen LogP contribution < -0.4 is 15.4 Å². The highest BCUT2D eigenvalue weighted by atomic mass is 16.5. The summed E-state index contributed by atoms with van der Waals surface area (Å²) in [4.78, 5) is 30.2. The van der Waals surface area contributed by atoms with E-state index in [4.69, 9.17) is 14.7 Å². The maximum absolute atomic E-state index is 12.9. The average Bonchev–Trinajstić information content (AvgIpc) is 3.18. The van der Waals surface area contributed by atoms with E-state index < -0.39 is 0 Å². The van der Waals surface area contributed by atoms with Crippen LogP contribution in [-0.2, 0) is 16.6 Å². The Hall–Kier alpha value is -2.93. The van der Waals surface area contributed by atoms with Crippen molar-refractivity contribution in [2.24, 2.45) is 0 Å². The first-order chi connectivity index (χ1) is 15.2. The van der Waals surface area contributed by atoms with Crippen LogP contribution in [0.3, 0.4) is 0 Å². The number of H-pyrrole nitrogens is 1. The second kappa shape index (κ2) is 7.34. The highest BCUT2D eigenvalue weighted by Crippen LogP contribution is 2.45. The van der Waals surface area contributed by atoms with Gasteiger partial charge in [0.25, 0.3) is 5.56 Å². The van der Waals surface area contributed by atoms with Crippen molar-refractivity contribution in [1.29, 1.82) is 0 Å². The fraction of sp³-hybridized carbons (Fsp3) is 0.458. The van der Waals surface area contributed by atoms with E-state index in [1.165, 1.54) is 10.8 Å². The summed E-state index contributed by atoms with van der Waals surface area (Å²) in [7, 11) is 0. The van der Waals surface area contributed by atoms with E-state index in [9.17, 15) is 4.79 Å². The lowest BCUT2D eigenvalue weighted by Gasteiger charge is -2.40. The first-order valence-corrected chi connectivity index (χ1v) is 11.3. The molecule has 0 unspecified atom stereocenters. The summed E-state index contributed by atoms with van der Waals surface area (Å²) in [6.45, 7) is 4.77. The summed E-state index contributed by atoms with van der Waals surface area (Å²) in [6, 6.07) is 10.5. The molecule has 1 aliphatic carbocycles. The van der Waals surface area contributed by atoms with E-state index in [2.05, 4.69) is 45.1 Å². The Morgan fingerprint density at radius 3 is 2.61 bits per heavy atom. The van der Waals surface area contributed by atoms with Gasteiger partial charge in [-0.2, -0.15) is 0 Å². The topological polar surface area (TPSA) is 74.3 Å². The summed E-state index contributed by atoms with van der Waals surface area (Å²) in [6.07, 6.45) is 5.76. The lowest BCUT2D eigenvalue weighted by molar-refractivity contribution is 0.122. The molecule has 160 valence electrons. The largest absolute Gasteiger partial charge is 0.378 e. The van der Waals surface area contributed by atoms with Gasteiger partial charge >= 0.3 is 0 Å². The molecular weight excluding hydrogens is 390 g/mol. The van der Waals surface area contributed by atoms with Crippen LogP contribution in [-0.4, -0.2) is 54.3 Å². The van der Waals surface area contributed by atoms with Crippen LogP contribution >= 0.6 is 0 Å². The first kappa shape index (κ1) is 18.8. The molecule has 0 radical (unpaired) electrons. The molecule has 2 fully saturated rings. The summed E-state index contributed by atoms with van der Waals surface area (Å²) < 4.78 is 5.47. The maximum Gasteiger partial charge on any atom is 0.255 e. The molecule has 3 aliphatic rings. The molecule has 0 amide bonds. The number of aromatic amines is 1. The van der Waals surface area contributed by atoms with Crippen LogP contribution in [0.4, 0.5) is 11.8 Å². The van der Waals surface area contributed by atoms with Gasteiger partial charge in [0.05, 0.1) is 18.9 Å². The van der Waals surface area contributed by atoms with E-state index in [1.807, 2.05) is 6.20 Å². The monoisotopic (exact) mass is 417 g/mol. The Morgan fingerprint density at radius 2 is 1.77 bits per heavy atom. The van der Waals surface area contributed by atoms with Crippen molar-refractivity contribution < 1.29 is 4.74 Å². The number of pyridine rings is 1. The molecule has 0 saturated carbocycles. The molecule has 7 heteroatoms. The van der Waals surface area contributed by atoms with Crippen molar-refractivity contribution in [3.05, 3.63) is 58.1 Å². The minimum Gasteiger partial charge on any atom is -0.378 e. The predicted molar refractivity (Wildman–Crippen MR) is 121 cm³/mol. The van der Waals surface area contributed by atoms with Crippen molar-refractivity contribution in [2.75, 3.05) is 49.2 Å². The standard InChI is InChI=1S/C24H27N5O2/c30-22-19-5-7-24(20(19)26-23(27-22)29-13-15-31-16-14-29)8-11-28(12-9-24)21-18-4-2-1-3-17(18)6-10-25-21/h1-4,6,10H,5,7-9,11-16H2,(H,26,27,30). The highest BCUT2D eigenvalue weighted by molar-refractivity contribution is 5.92. The third kappa shape index (κ3) is 3.10. The van der Waals surface area contributed by atoms with Crippen molar-refractivity contribution in [2.45, 2.75) is 31.1 Å². The minimum atomic E-state index is 0.00567. The van der Waals surface area contributed by atoms with Crippen LogP contribution in [0.15, 0.2) is 41.3 Å². The zero-order chi connectivity index (χ0) is 20.8. The molecule has 6 rings (SSSR count). The predicted octanol–water partition coefficient (Wildman–Crippen LogP) is 2.64. The fourth-order valence-corrected chi connectivity index (χ4v) is 5.55. The smallest absolute Gasteiger partial charge is 0.255 e. The number of morpholine rings is 1. The summed E-state index contributed by atoms with van der Waals surface area (Å²) >= 11 is 0. The molecule has 31 heavy (non-hydrogen) atoms. The lowest BCUT2D eigenvalue weighted by Crippen LogP contribution is -2.43. The van der Waals surface area contributed by atoms with Crippen molar-refractivity contribution in [3.8, 4) is 0 Å². The summed E-state index contributed by atoms with van der Waals surface area (Å²) in [5, 5.41) is 2.43. The van der Waals surface area contributed by atoms with E-state index in [0.717, 1.165) is 68.9 Å². The number of ether oxygens (including phenoxy) is 1. The number of hydrogen-bond donors (Lipinski definition) is 1. The van der Waals surface area contributed by atoms with Crippen molar-refractivity contribution >= 4 is 22.5 Å². The van der Waals surface area contributed by atoms with Crippen molar-refractivity contribution in [3.63, 3.8) is 0 Å². The van der Waals surface area contributed by atoms with Gasteiger partial charge < -0.3 is 14.5 Å². The van der Waals surface area contributed by atoms with Crippen LogP contribution in [0.2, 0.25) is 0 Å². The van der Waals surface area contributed by atoms with Crippen LogP contribution in [0.25, 0.3) is 10.8 Å². The van der Waals surface area contributed by atoms with Gasteiger partial charge in [-0.15, -0.1) is 0 Å². The zero-order valence-electron chi connectivity index (χ0n) is 17.6. The molecule has 0 bridgehead atoms. The maximum atomic E-state index is 12.9. The first-order valence-electron chi connectivity index (χ1n) is 11.3. The van der Waals surface area contributed by atoms with Gasteiger partial charge in [0.15, 0.2) is 0 Å². The molecule has 4 heterocycles. The van der Waals surface area contributed by atoms with Gasteiger partial charge in [-0.3, -0.25) is 9.78 Å². The van der Waals surface area contributed by atoms with E-state index in [0.29, 0.717) is 19.2 Å². The molecule has 2 saturated heterocycles. The number of fused-ring (bicyclic) bond motifs is 3. The Labute approximate surface area is 181 Å². The van der Waals surface area contributed by atoms with E-state index in [-0.39, 0.29) is 11.0 Å². The molecule has 0 atom stereocenters. The number of hydrogen-bond acceptors (Lipinski definition) is 6. The van der Waals surface area contributed by atoms with Gasteiger partial charge in [0.2, 0.25) is 5.95 Å². The lowest BCUT2D eigenvalue weighted by atomic mass is 9.76. The fourth-order valence-electron chi connectivity index (χ4n) is 5.55. The van der Waals surface area contributed by atoms with Gasteiger partial charge in [-0.05, 0) is 37.1 Å². The molecular formula is C24H27N5O2. The Balaban J connectivity index is 1.30. The van der Waals surface area contributed by atoms with Gasteiger partial charge in [0.1, 0.15) is 5.82 Å². The molecule has 7 nitrogen and oxygen atoms in total. The second-order valence-electron chi connectivity index (χ2n) is 8.94. The molecule has 1 N–H and O–H groups in total. The third-order valence-electron chi connectivity index (χ3n) is 7.34. The summed E-state index contributed by atoms with van der Waals surface area (Å²) in [5.41, 5.74) is 1.99. The SMILES string of the molecule is O=c1[nH]c(N2CCOCC2)nc2c1CCC21CCN(c2nccc3ccccc23)CC1. The normalized spacial score (nSPS) is 20.4. The number of nitrogens with one attached hydrogen (secondary N) is 1. The van der Waals surface area contributed by atoms with Crippen LogP contribution in [0.1, 0.15) is 30.5 Å². The van der Waals surface area contributed by atoms with Gasteiger partial charge in [-0.1, -0.05) is 24.3 Å². The molecule has 2 aliphatic heterocycles. The third-order valence-corrected chi connectivity index (χ3v) is 7.34. The van der Waals surface area contributed by atoms with Crippen LogP contribution in [0.5, 0.6) is 0 Å². The second-order valence-corrected chi connectivity index (χ2v) is 8.94. The van der Waals surface area contributed by atoms with Gasteiger partial charge in [0, 0.05) is 48.7 Å². The number of nitrogens with zero attached hydrogens (tertiary/aromatic N) is 4. The van der Waals surface area contributed by atoms with E-state index in [1.54, 1.807) is 0 Å². The number of piperidine rings is 1. The molecule has 3 aromatic rings. The Bertz CT molecular complexity index is 1170. The number of rotatable bonds is 2.